The van der Waals surface area contributed by atoms with E-state index in [1.54, 1.807) is 19.5 Å². The fourth-order valence-electron chi connectivity index (χ4n) is 5.57. The van der Waals surface area contributed by atoms with Gasteiger partial charge in [0.05, 0.1) is 11.9 Å². The summed E-state index contributed by atoms with van der Waals surface area (Å²) in [5, 5.41) is 7.67. The van der Waals surface area contributed by atoms with Crippen molar-refractivity contribution in [2.45, 2.75) is 31.7 Å². The second-order valence-electron chi connectivity index (χ2n) is 11.1. The number of nitrogens with zero attached hydrogens (tertiary/aromatic N) is 4. The summed E-state index contributed by atoms with van der Waals surface area (Å²) in [6.45, 7) is 5.81. The number of anilines is 5. The van der Waals surface area contributed by atoms with Gasteiger partial charge in [0.1, 0.15) is 12.2 Å². The number of nitrogens with one attached hydrogen (secondary N) is 2. The van der Waals surface area contributed by atoms with E-state index in [0.29, 0.717) is 22.2 Å². The quantitative estimate of drug-likeness (QED) is 0.348. The van der Waals surface area contributed by atoms with Gasteiger partial charge in [0, 0.05) is 41.2 Å². The maximum absolute atomic E-state index is 12.7. The van der Waals surface area contributed by atoms with Crippen LogP contribution in [0.3, 0.4) is 0 Å². The second-order valence-corrected chi connectivity index (χ2v) is 14.7. The van der Waals surface area contributed by atoms with Gasteiger partial charge in [-0.1, -0.05) is 23.7 Å². The van der Waals surface area contributed by atoms with Gasteiger partial charge in [-0.15, -0.1) is 0 Å². The molecule has 0 bridgehead atoms. The molecule has 2 fully saturated rings. The highest BCUT2D eigenvalue weighted by atomic mass is 35.5. The molecule has 0 atom stereocenters. The van der Waals surface area contributed by atoms with Crippen LogP contribution in [0, 0.1) is 5.41 Å². The number of benzene rings is 2. The van der Waals surface area contributed by atoms with Crippen LogP contribution in [-0.2, 0) is 4.57 Å². The van der Waals surface area contributed by atoms with E-state index in [2.05, 4.69) is 68.8 Å². The van der Waals surface area contributed by atoms with Crippen LogP contribution in [0.25, 0.3) is 0 Å². The largest absolute Gasteiger partial charge is 0.370 e. The van der Waals surface area contributed by atoms with Crippen molar-refractivity contribution in [1.29, 1.82) is 0 Å². The predicted octanol–water partition coefficient (Wildman–Crippen LogP) is 6.18. The molecule has 0 unspecified atom stereocenters. The van der Waals surface area contributed by atoms with Crippen LogP contribution < -0.4 is 20.8 Å². The summed E-state index contributed by atoms with van der Waals surface area (Å²) < 4.78 is 12.7. The molecule has 0 radical (unpaired) electrons. The Hall–Kier alpha value is -2.60. The highest BCUT2D eigenvalue weighted by molar-refractivity contribution is 7.70. The molecule has 1 saturated carbocycles. The molecule has 2 aromatic carbocycles. The lowest BCUT2D eigenvalue weighted by molar-refractivity contribution is 0.0888. The van der Waals surface area contributed by atoms with E-state index < -0.39 is 7.14 Å². The molecule has 7 nitrogen and oxygen atoms in total. The van der Waals surface area contributed by atoms with Crippen molar-refractivity contribution in [2.24, 2.45) is 5.41 Å². The molecule has 2 N–H and O–H groups in total. The first-order chi connectivity index (χ1) is 17.6. The summed E-state index contributed by atoms with van der Waals surface area (Å²) in [4.78, 5) is 13.8. The Balaban J connectivity index is 1.22. The van der Waals surface area contributed by atoms with Gasteiger partial charge in [-0.3, -0.25) is 0 Å². The summed E-state index contributed by atoms with van der Waals surface area (Å²) in [5.74, 6) is 0.903. The Bertz CT molecular complexity index is 1290. The zero-order valence-corrected chi connectivity index (χ0v) is 23.7. The number of aromatic nitrogens is 2. The molecule has 3 aromatic rings. The Morgan fingerprint density at radius 3 is 2.35 bits per heavy atom. The van der Waals surface area contributed by atoms with Gasteiger partial charge < -0.3 is 25.0 Å². The number of para-hydroxylation sites is 1. The Morgan fingerprint density at radius 1 is 1.03 bits per heavy atom. The third-order valence-corrected chi connectivity index (χ3v) is 9.60. The predicted molar refractivity (Wildman–Crippen MR) is 156 cm³/mol. The molecule has 1 spiro atoms. The van der Waals surface area contributed by atoms with Gasteiger partial charge in [-0.25, -0.2) is 4.98 Å². The van der Waals surface area contributed by atoms with Crippen LogP contribution in [0.5, 0.6) is 0 Å². The van der Waals surface area contributed by atoms with E-state index in [0.717, 1.165) is 35.8 Å². The lowest BCUT2D eigenvalue weighted by atomic mass is 9.67. The Morgan fingerprint density at radius 2 is 1.70 bits per heavy atom. The van der Waals surface area contributed by atoms with Crippen molar-refractivity contribution in [2.75, 3.05) is 56.0 Å². The van der Waals surface area contributed by atoms with Crippen molar-refractivity contribution in [3.8, 4) is 0 Å². The van der Waals surface area contributed by atoms with E-state index in [4.69, 9.17) is 11.6 Å². The van der Waals surface area contributed by atoms with Gasteiger partial charge in [0.25, 0.3) is 0 Å². The summed E-state index contributed by atoms with van der Waals surface area (Å²) in [7, 11) is 1.93. The first-order valence-corrected chi connectivity index (χ1v) is 15.8. The molecular formula is C28H36ClN6OP. The van der Waals surface area contributed by atoms with E-state index in [1.165, 1.54) is 31.4 Å². The van der Waals surface area contributed by atoms with Crippen molar-refractivity contribution < 1.29 is 4.57 Å². The van der Waals surface area contributed by atoms with Crippen molar-refractivity contribution in [3.05, 3.63) is 59.8 Å². The molecule has 5 rings (SSSR count). The van der Waals surface area contributed by atoms with Gasteiger partial charge in [0.2, 0.25) is 5.95 Å². The van der Waals surface area contributed by atoms with Crippen molar-refractivity contribution >= 4 is 52.9 Å². The van der Waals surface area contributed by atoms with Crippen molar-refractivity contribution in [3.63, 3.8) is 0 Å². The lowest BCUT2D eigenvalue weighted by Crippen LogP contribution is -2.58. The van der Waals surface area contributed by atoms with E-state index in [1.807, 2.05) is 24.3 Å². The summed E-state index contributed by atoms with van der Waals surface area (Å²) >= 11 is 6.39. The normalized spacial score (nSPS) is 17.6. The molecule has 9 heteroatoms. The average molecular weight is 539 g/mol. The monoisotopic (exact) mass is 538 g/mol. The molecule has 196 valence electrons. The summed E-state index contributed by atoms with van der Waals surface area (Å²) in [6, 6.07) is 16.7. The minimum absolute atomic E-state index is 0.393. The Kier molecular flexibility index (Phi) is 7.23. The molecule has 37 heavy (non-hydrogen) atoms. The standard InChI is InChI=1S/C28H36ClN6OP/c1-34(2)21-13-15-28(16-14-21)18-35(19-28)22-11-9-20(10-12-22)31-27-30-17-23(29)26(33-27)32-24-7-5-6-8-25(24)37(3,4)36/h5-12,17,21H,13-16,18-19H2,1-4H3,(H2,30,31,32,33). The smallest absolute Gasteiger partial charge is 0.229 e. The minimum atomic E-state index is -2.47. The zero-order chi connectivity index (χ0) is 26.2. The van der Waals surface area contributed by atoms with Gasteiger partial charge in [-0.2, -0.15) is 4.98 Å². The van der Waals surface area contributed by atoms with Gasteiger partial charge >= 0.3 is 0 Å². The van der Waals surface area contributed by atoms with E-state index in [-0.39, 0.29) is 0 Å². The first kappa shape index (κ1) is 26.0. The zero-order valence-electron chi connectivity index (χ0n) is 22.0. The fraction of sp³-hybridized carbons (Fsp3) is 0.429. The fourth-order valence-corrected chi connectivity index (χ4v) is 6.86. The molecule has 1 aliphatic heterocycles. The number of hydrogen-bond acceptors (Lipinski definition) is 7. The molecule has 1 aromatic heterocycles. The molecule has 1 aliphatic carbocycles. The number of halogens is 1. The van der Waals surface area contributed by atoms with Crippen molar-refractivity contribution in [1.82, 2.24) is 14.9 Å². The van der Waals surface area contributed by atoms with Crippen LogP contribution in [0.2, 0.25) is 5.02 Å². The lowest BCUT2D eigenvalue weighted by Gasteiger charge is -2.55. The van der Waals surface area contributed by atoms with E-state index >= 15 is 0 Å². The average Bonchev–Trinajstić information content (AvgIpc) is 2.85. The third-order valence-electron chi connectivity index (χ3n) is 7.77. The van der Waals surface area contributed by atoms with Crippen LogP contribution in [0.15, 0.2) is 54.7 Å². The number of rotatable bonds is 7. The molecule has 0 amide bonds. The van der Waals surface area contributed by atoms with Crippen LogP contribution in [0.1, 0.15) is 25.7 Å². The summed E-state index contributed by atoms with van der Waals surface area (Å²) in [6.07, 6.45) is 6.84. The van der Waals surface area contributed by atoms with E-state index in [9.17, 15) is 4.57 Å². The maximum atomic E-state index is 12.7. The topological polar surface area (TPSA) is 73.4 Å². The van der Waals surface area contributed by atoms with Crippen LogP contribution >= 0.6 is 18.7 Å². The summed E-state index contributed by atoms with van der Waals surface area (Å²) in [5.41, 5.74) is 3.40. The highest BCUT2D eigenvalue weighted by Gasteiger charge is 2.45. The molecule has 1 saturated heterocycles. The second kappa shape index (κ2) is 10.3. The van der Waals surface area contributed by atoms with Gasteiger partial charge in [0.15, 0.2) is 5.82 Å². The molecule has 2 heterocycles. The SMILES string of the molecule is CN(C)C1CCC2(CC1)CN(c1ccc(Nc3ncc(Cl)c(Nc4ccccc4P(C)(C)=O)n3)cc1)C2. The third kappa shape index (κ3) is 5.79. The van der Waals surface area contributed by atoms with Crippen LogP contribution in [0.4, 0.5) is 28.8 Å². The minimum Gasteiger partial charge on any atom is -0.370 e. The first-order valence-electron chi connectivity index (χ1n) is 12.8. The number of hydrogen-bond donors (Lipinski definition) is 2. The van der Waals surface area contributed by atoms with Crippen LogP contribution in [-0.4, -0.2) is 61.4 Å². The highest BCUT2D eigenvalue weighted by Crippen LogP contribution is 2.46. The van der Waals surface area contributed by atoms with Gasteiger partial charge in [-0.05, 0) is 89.5 Å². The Labute approximate surface area is 225 Å². The molecular weight excluding hydrogens is 503 g/mol. The maximum Gasteiger partial charge on any atom is 0.229 e. The molecule has 2 aliphatic rings.